The average molecular weight is 310 g/mol. The molecule has 2 heterocycles. The van der Waals surface area contributed by atoms with Crippen LogP contribution in [-0.2, 0) is 10.0 Å². The summed E-state index contributed by atoms with van der Waals surface area (Å²) in [5.74, 6) is -0.584. The van der Waals surface area contributed by atoms with Crippen LogP contribution < -0.4 is 5.76 Å². The molecule has 1 N–H and O–H groups in total. The van der Waals surface area contributed by atoms with E-state index >= 15 is 0 Å². The van der Waals surface area contributed by atoms with Crippen LogP contribution in [0.4, 0.5) is 0 Å². The lowest BCUT2D eigenvalue weighted by Gasteiger charge is -2.37. The van der Waals surface area contributed by atoms with Crippen LogP contribution >= 0.6 is 0 Å². The second kappa shape index (κ2) is 4.99. The van der Waals surface area contributed by atoms with Gasteiger partial charge in [0.05, 0.1) is 10.4 Å². The first-order valence-corrected chi connectivity index (χ1v) is 8.50. The third-order valence-electron chi connectivity index (χ3n) is 4.08. The van der Waals surface area contributed by atoms with Gasteiger partial charge in [0, 0.05) is 18.2 Å². The minimum Gasteiger partial charge on any atom is -0.408 e. The molecule has 1 aromatic heterocycles. The Labute approximate surface area is 122 Å². The number of nitrogens with one attached hydrogen (secondary N) is 1. The number of benzene rings is 1. The van der Waals surface area contributed by atoms with Crippen molar-refractivity contribution >= 4 is 21.1 Å². The highest BCUT2D eigenvalue weighted by Gasteiger charge is 2.35. The molecular formula is C14H18N2O4S. The van der Waals surface area contributed by atoms with Gasteiger partial charge in [0.25, 0.3) is 0 Å². The molecule has 1 aromatic carbocycles. The van der Waals surface area contributed by atoms with E-state index in [-0.39, 0.29) is 22.6 Å². The lowest BCUT2D eigenvalue weighted by molar-refractivity contribution is 0.204. The number of H-pyrrole nitrogens is 1. The number of hydrogen-bond donors (Lipinski definition) is 1. The normalized spacial score (nSPS) is 24.5. The minimum absolute atomic E-state index is 0.0207. The monoisotopic (exact) mass is 310 g/mol. The Morgan fingerprint density at radius 1 is 1.24 bits per heavy atom. The zero-order chi connectivity index (χ0) is 15.2. The van der Waals surface area contributed by atoms with Gasteiger partial charge >= 0.3 is 5.76 Å². The lowest BCUT2D eigenvalue weighted by atomic mass is 10.0. The van der Waals surface area contributed by atoms with Crippen LogP contribution in [0.25, 0.3) is 11.1 Å². The van der Waals surface area contributed by atoms with Crippen LogP contribution in [0, 0.1) is 0 Å². The highest BCUT2D eigenvalue weighted by Crippen LogP contribution is 2.30. The maximum Gasteiger partial charge on any atom is 0.417 e. The van der Waals surface area contributed by atoms with E-state index in [0.29, 0.717) is 5.52 Å². The molecule has 2 aromatic rings. The van der Waals surface area contributed by atoms with Crippen LogP contribution in [-0.4, -0.2) is 29.8 Å². The van der Waals surface area contributed by atoms with Gasteiger partial charge in [-0.05, 0) is 38.8 Å². The molecule has 1 saturated heterocycles. The van der Waals surface area contributed by atoms with Crippen molar-refractivity contribution in [3.05, 3.63) is 28.7 Å². The van der Waals surface area contributed by atoms with Gasteiger partial charge in [0.2, 0.25) is 10.0 Å². The summed E-state index contributed by atoms with van der Waals surface area (Å²) < 4.78 is 32.2. The summed E-state index contributed by atoms with van der Waals surface area (Å²) in [4.78, 5) is 13.8. The Bertz CT molecular complexity index is 811. The fourth-order valence-electron chi connectivity index (χ4n) is 3.08. The maximum absolute atomic E-state index is 12.9. The average Bonchev–Trinajstić information content (AvgIpc) is 2.77. The van der Waals surface area contributed by atoms with Crippen LogP contribution in [0.15, 0.2) is 32.3 Å². The molecule has 0 amide bonds. The van der Waals surface area contributed by atoms with Gasteiger partial charge in [-0.15, -0.1) is 0 Å². The molecule has 114 valence electrons. The first-order valence-electron chi connectivity index (χ1n) is 7.06. The third kappa shape index (κ3) is 2.40. The summed E-state index contributed by atoms with van der Waals surface area (Å²) in [6, 6.07) is 4.44. The second-order valence-electron chi connectivity index (χ2n) is 5.64. The Morgan fingerprint density at radius 2 is 1.90 bits per heavy atom. The maximum atomic E-state index is 12.9. The molecule has 1 fully saturated rings. The molecule has 0 bridgehead atoms. The van der Waals surface area contributed by atoms with Crippen molar-refractivity contribution in [3.63, 3.8) is 0 Å². The van der Waals surface area contributed by atoms with E-state index in [9.17, 15) is 13.2 Å². The Morgan fingerprint density at radius 3 is 2.57 bits per heavy atom. The number of aromatic nitrogens is 1. The predicted octanol–water partition coefficient (Wildman–Crippen LogP) is 2.07. The smallest absolute Gasteiger partial charge is 0.408 e. The summed E-state index contributed by atoms with van der Waals surface area (Å²) in [7, 11) is -3.59. The summed E-state index contributed by atoms with van der Waals surface area (Å²) in [5.41, 5.74) is 0.761. The molecule has 1 aliphatic heterocycles. The van der Waals surface area contributed by atoms with Gasteiger partial charge < -0.3 is 4.42 Å². The standard InChI is InChI=1S/C14H18N2O4S/c1-9-4-3-5-10(2)16(9)21(18,19)11-6-7-12-13(8-11)20-14(17)15-12/h6-10H,3-5H2,1-2H3,(H,15,17). The van der Waals surface area contributed by atoms with Crippen molar-refractivity contribution < 1.29 is 12.8 Å². The molecule has 21 heavy (non-hydrogen) atoms. The van der Waals surface area contributed by atoms with E-state index in [0.717, 1.165) is 19.3 Å². The first-order chi connectivity index (χ1) is 9.89. The summed E-state index contributed by atoms with van der Waals surface area (Å²) in [6.07, 6.45) is 2.77. The van der Waals surface area contributed by atoms with E-state index in [2.05, 4.69) is 4.98 Å². The van der Waals surface area contributed by atoms with Crippen LogP contribution in [0.3, 0.4) is 0 Å². The fourth-order valence-corrected chi connectivity index (χ4v) is 4.98. The molecule has 0 spiro atoms. The van der Waals surface area contributed by atoms with E-state index < -0.39 is 15.8 Å². The number of fused-ring (bicyclic) bond motifs is 1. The molecule has 6 nitrogen and oxygen atoms in total. The molecule has 3 rings (SSSR count). The van der Waals surface area contributed by atoms with Gasteiger partial charge in [-0.3, -0.25) is 4.98 Å². The molecule has 2 atom stereocenters. The predicted molar refractivity (Wildman–Crippen MR) is 78.6 cm³/mol. The van der Waals surface area contributed by atoms with Crippen molar-refractivity contribution in [3.8, 4) is 0 Å². The number of piperidine rings is 1. The van der Waals surface area contributed by atoms with Crippen molar-refractivity contribution in [2.45, 2.75) is 50.1 Å². The largest absolute Gasteiger partial charge is 0.417 e. The summed E-state index contributed by atoms with van der Waals surface area (Å²) >= 11 is 0. The van der Waals surface area contributed by atoms with Gasteiger partial charge in [-0.25, -0.2) is 13.2 Å². The minimum atomic E-state index is -3.59. The van der Waals surface area contributed by atoms with Gasteiger partial charge in [0.15, 0.2) is 5.58 Å². The number of oxazole rings is 1. The zero-order valence-electron chi connectivity index (χ0n) is 12.0. The van der Waals surface area contributed by atoms with Crippen molar-refractivity contribution in [1.82, 2.24) is 9.29 Å². The number of sulfonamides is 1. The molecule has 1 aliphatic rings. The molecule has 7 heteroatoms. The number of nitrogens with zero attached hydrogens (tertiary/aromatic N) is 1. The zero-order valence-corrected chi connectivity index (χ0v) is 12.8. The SMILES string of the molecule is CC1CCCC(C)N1S(=O)(=O)c1ccc2[nH]c(=O)oc2c1. The van der Waals surface area contributed by atoms with E-state index in [1.807, 2.05) is 13.8 Å². The van der Waals surface area contributed by atoms with Crippen molar-refractivity contribution in [2.75, 3.05) is 0 Å². The van der Waals surface area contributed by atoms with Crippen molar-refractivity contribution in [2.24, 2.45) is 0 Å². The Hall–Kier alpha value is -1.60. The first kappa shape index (κ1) is 14.3. The quantitative estimate of drug-likeness (QED) is 0.920. The number of rotatable bonds is 2. The molecule has 0 aliphatic carbocycles. The van der Waals surface area contributed by atoms with Gasteiger partial charge in [-0.2, -0.15) is 4.31 Å². The Kier molecular flexibility index (Phi) is 3.41. The van der Waals surface area contributed by atoms with Gasteiger partial charge in [0.1, 0.15) is 0 Å². The molecule has 0 radical (unpaired) electrons. The fraction of sp³-hybridized carbons (Fsp3) is 0.500. The highest BCUT2D eigenvalue weighted by molar-refractivity contribution is 7.89. The molecular weight excluding hydrogens is 292 g/mol. The van der Waals surface area contributed by atoms with E-state index in [1.165, 1.54) is 12.1 Å². The topological polar surface area (TPSA) is 83.4 Å². The van der Waals surface area contributed by atoms with Crippen molar-refractivity contribution in [1.29, 1.82) is 0 Å². The number of aromatic amines is 1. The second-order valence-corrected chi connectivity index (χ2v) is 7.48. The number of hydrogen-bond acceptors (Lipinski definition) is 4. The molecule has 2 unspecified atom stereocenters. The Balaban J connectivity index is 2.08. The van der Waals surface area contributed by atoms with E-state index in [1.54, 1.807) is 10.4 Å². The third-order valence-corrected chi connectivity index (χ3v) is 6.21. The summed E-state index contributed by atoms with van der Waals surface area (Å²) in [6.45, 7) is 3.87. The van der Waals surface area contributed by atoms with Gasteiger partial charge in [-0.1, -0.05) is 6.42 Å². The summed E-state index contributed by atoms with van der Waals surface area (Å²) in [5, 5.41) is 0. The van der Waals surface area contributed by atoms with E-state index in [4.69, 9.17) is 4.42 Å². The van der Waals surface area contributed by atoms with Crippen LogP contribution in [0.5, 0.6) is 0 Å². The lowest BCUT2D eigenvalue weighted by Crippen LogP contribution is -2.47. The van der Waals surface area contributed by atoms with Crippen LogP contribution in [0.1, 0.15) is 33.1 Å². The van der Waals surface area contributed by atoms with Crippen LogP contribution in [0.2, 0.25) is 0 Å². The molecule has 0 saturated carbocycles. The highest BCUT2D eigenvalue weighted by atomic mass is 32.2.